The summed E-state index contributed by atoms with van der Waals surface area (Å²) >= 11 is 5.59. The Labute approximate surface area is 153 Å². The van der Waals surface area contributed by atoms with Gasteiger partial charge in [0, 0.05) is 11.9 Å². The number of halogens is 4. The Hall–Kier alpha value is -2.28. The summed E-state index contributed by atoms with van der Waals surface area (Å²) < 4.78 is 39.3. The average molecular weight is 387 g/mol. The maximum Gasteiger partial charge on any atom is 0.417 e. The zero-order valence-corrected chi connectivity index (χ0v) is 15.0. The van der Waals surface area contributed by atoms with Gasteiger partial charge in [-0.1, -0.05) is 43.6 Å². The summed E-state index contributed by atoms with van der Waals surface area (Å²) in [5, 5.41) is 2.07. The number of nitrogens with one attached hydrogen (secondary N) is 1. The molecule has 1 N–H and O–H groups in total. The van der Waals surface area contributed by atoms with Crippen molar-refractivity contribution in [2.24, 2.45) is 0 Å². The number of rotatable bonds is 5. The number of benzene rings is 1. The average Bonchev–Trinajstić information content (AvgIpc) is 2.57. The number of anilines is 1. The first-order valence-corrected chi connectivity index (χ1v) is 8.37. The normalized spacial score (nSPS) is 12.7. The summed E-state index contributed by atoms with van der Waals surface area (Å²) in [5.41, 5.74) is -0.462. The molecule has 0 radical (unpaired) electrons. The maximum absolute atomic E-state index is 12.9. The van der Waals surface area contributed by atoms with Crippen LogP contribution in [-0.2, 0) is 17.5 Å². The van der Waals surface area contributed by atoms with Crippen LogP contribution < -0.4 is 10.9 Å². The van der Waals surface area contributed by atoms with E-state index in [-0.39, 0.29) is 5.92 Å². The summed E-state index contributed by atoms with van der Waals surface area (Å²) in [6, 6.07) is 7.72. The van der Waals surface area contributed by atoms with Gasteiger partial charge in [0.1, 0.15) is 11.6 Å². The Kier molecular flexibility index (Phi) is 6.13. The van der Waals surface area contributed by atoms with Crippen molar-refractivity contribution in [1.82, 2.24) is 4.57 Å². The van der Waals surface area contributed by atoms with Gasteiger partial charge in [0.25, 0.3) is 5.56 Å². The Morgan fingerprint density at radius 2 is 1.96 bits per heavy atom. The van der Waals surface area contributed by atoms with Gasteiger partial charge in [-0.2, -0.15) is 13.2 Å². The fourth-order valence-electron chi connectivity index (χ4n) is 2.48. The van der Waals surface area contributed by atoms with Crippen LogP contribution in [0.4, 0.5) is 18.9 Å². The highest BCUT2D eigenvalue weighted by molar-refractivity contribution is 6.30. The zero-order chi connectivity index (χ0) is 19.5. The molecule has 1 heterocycles. The van der Waals surface area contributed by atoms with Gasteiger partial charge in [-0.05, 0) is 30.0 Å². The molecule has 1 atom stereocenters. The largest absolute Gasteiger partial charge is 0.417 e. The van der Waals surface area contributed by atoms with Crippen molar-refractivity contribution in [3.05, 3.63) is 63.0 Å². The third kappa shape index (κ3) is 4.66. The fraction of sp³-hybridized carbons (Fsp3) is 0.333. The van der Waals surface area contributed by atoms with Gasteiger partial charge in [-0.3, -0.25) is 9.59 Å². The molecule has 0 spiro atoms. The molecule has 4 nitrogen and oxygen atoms in total. The maximum atomic E-state index is 12.9. The highest BCUT2D eigenvalue weighted by atomic mass is 35.5. The van der Waals surface area contributed by atoms with E-state index in [0.717, 1.165) is 12.0 Å². The quantitative estimate of drug-likeness (QED) is 0.811. The number of amides is 1. The van der Waals surface area contributed by atoms with E-state index in [1.807, 2.05) is 26.0 Å². The SMILES string of the molecule is CC[C@@H](C)c1ccccc1NC(=O)Cn1cc(C(F)(F)F)cc(Cl)c1=O. The van der Waals surface area contributed by atoms with E-state index < -0.39 is 34.8 Å². The third-order valence-corrected chi connectivity index (χ3v) is 4.33. The second-order valence-electron chi connectivity index (χ2n) is 5.95. The molecule has 2 aromatic rings. The van der Waals surface area contributed by atoms with E-state index in [9.17, 15) is 22.8 Å². The number of aromatic nitrogens is 1. The minimum absolute atomic E-state index is 0.192. The molecule has 1 aromatic carbocycles. The minimum atomic E-state index is -4.67. The van der Waals surface area contributed by atoms with E-state index >= 15 is 0 Å². The van der Waals surface area contributed by atoms with Crippen molar-refractivity contribution in [2.75, 3.05) is 5.32 Å². The molecule has 140 valence electrons. The van der Waals surface area contributed by atoms with Crippen molar-refractivity contribution in [3.63, 3.8) is 0 Å². The van der Waals surface area contributed by atoms with Crippen LogP contribution in [0.1, 0.15) is 37.3 Å². The van der Waals surface area contributed by atoms with E-state index in [1.54, 1.807) is 12.1 Å². The van der Waals surface area contributed by atoms with Crippen LogP contribution >= 0.6 is 11.6 Å². The van der Waals surface area contributed by atoms with E-state index in [2.05, 4.69) is 5.32 Å². The molecule has 26 heavy (non-hydrogen) atoms. The molecule has 0 fully saturated rings. The van der Waals surface area contributed by atoms with Gasteiger partial charge in [0.05, 0.1) is 5.56 Å². The number of nitrogens with zero attached hydrogens (tertiary/aromatic N) is 1. The van der Waals surface area contributed by atoms with Crippen LogP contribution in [0.3, 0.4) is 0 Å². The molecule has 2 rings (SSSR count). The summed E-state index contributed by atoms with van der Waals surface area (Å²) in [5.74, 6) is -0.421. The third-order valence-electron chi connectivity index (χ3n) is 4.06. The second kappa shape index (κ2) is 7.95. The summed E-state index contributed by atoms with van der Waals surface area (Å²) in [4.78, 5) is 24.2. The first-order valence-electron chi connectivity index (χ1n) is 7.99. The highest BCUT2D eigenvalue weighted by Crippen LogP contribution is 2.30. The standard InChI is InChI=1S/C18H18ClF3N2O2/c1-3-11(2)13-6-4-5-7-15(13)23-16(25)10-24-9-12(18(20,21)22)8-14(19)17(24)26/h4-9,11H,3,10H2,1-2H3,(H,23,25)/t11-/m1/s1. The molecule has 0 bridgehead atoms. The lowest BCUT2D eigenvalue weighted by molar-refractivity contribution is -0.138. The number of carbonyl (C=O) groups excluding carboxylic acids is 1. The Balaban J connectivity index is 2.27. The Morgan fingerprint density at radius 3 is 2.58 bits per heavy atom. The van der Waals surface area contributed by atoms with E-state index in [4.69, 9.17) is 11.6 Å². The van der Waals surface area contributed by atoms with Gasteiger partial charge in [-0.25, -0.2) is 0 Å². The molecule has 0 saturated carbocycles. The molecular formula is C18H18ClF3N2O2. The molecule has 1 amide bonds. The lowest BCUT2D eigenvalue weighted by Crippen LogP contribution is -2.29. The van der Waals surface area contributed by atoms with Crippen molar-refractivity contribution >= 4 is 23.2 Å². The molecule has 8 heteroatoms. The van der Waals surface area contributed by atoms with Crippen LogP contribution in [0.2, 0.25) is 5.02 Å². The number of pyridine rings is 1. The van der Waals surface area contributed by atoms with Crippen LogP contribution in [0.15, 0.2) is 41.3 Å². The molecule has 0 aliphatic rings. The van der Waals surface area contributed by atoms with Crippen LogP contribution in [-0.4, -0.2) is 10.5 Å². The molecular weight excluding hydrogens is 369 g/mol. The molecule has 0 aliphatic heterocycles. The first kappa shape index (κ1) is 20.0. The minimum Gasteiger partial charge on any atom is -0.324 e. The monoisotopic (exact) mass is 386 g/mol. The molecule has 0 saturated heterocycles. The number of hydrogen-bond acceptors (Lipinski definition) is 2. The van der Waals surface area contributed by atoms with Crippen LogP contribution in [0.5, 0.6) is 0 Å². The summed E-state index contributed by atoms with van der Waals surface area (Å²) in [7, 11) is 0. The van der Waals surface area contributed by atoms with Gasteiger partial charge < -0.3 is 9.88 Å². The zero-order valence-electron chi connectivity index (χ0n) is 14.2. The Morgan fingerprint density at radius 1 is 1.31 bits per heavy atom. The van der Waals surface area contributed by atoms with Gasteiger partial charge >= 0.3 is 6.18 Å². The van der Waals surface area contributed by atoms with Crippen LogP contribution in [0, 0.1) is 0 Å². The van der Waals surface area contributed by atoms with Crippen LogP contribution in [0.25, 0.3) is 0 Å². The van der Waals surface area contributed by atoms with Gasteiger partial charge in [0.15, 0.2) is 0 Å². The van der Waals surface area contributed by atoms with Gasteiger partial charge in [0.2, 0.25) is 5.91 Å². The second-order valence-corrected chi connectivity index (χ2v) is 6.36. The fourth-order valence-corrected chi connectivity index (χ4v) is 2.70. The Bertz CT molecular complexity index is 862. The number of hydrogen-bond donors (Lipinski definition) is 1. The number of para-hydroxylation sites is 1. The van der Waals surface area contributed by atoms with E-state index in [1.165, 1.54) is 0 Å². The van der Waals surface area contributed by atoms with E-state index in [0.29, 0.717) is 22.5 Å². The molecule has 0 aliphatic carbocycles. The van der Waals surface area contributed by atoms with Gasteiger partial charge in [-0.15, -0.1) is 0 Å². The van der Waals surface area contributed by atoms with Crippen molar-refractivity contribution in [3.8, 4) is 0 Å². The number of alkyl halides is 3. The first-order chi connectivity index (χ1) is 12.1. The number of carbonyl (C=O) groups is 1. The predicted molar refractivity (Wildman–Crippen MR) is 94.5 cm³/mol. The smallest absolute Gasteiger partial charge is 0.324 e. The lowest BCUT2D eigenvalue weighted by Gasteiger charge is -2.16. The summed E-state index contributed by atoms with van der Waals surface area (Å²) in [6.45, 7) is 3.44. The lowest BCUT2D eigenvalue weighted by atomic mass is 9.97. The topological polar surface area (TPSA) is 51.1 Å². The van der Waals surface area contributed by atoms with Crippen molar-refractivity contribution < 1.29 is 18.0 Å². The van der Waals surface area contributed by atoms with Crippen molar-refractivity contribution in [2.45, 2.75) is 38.9 Å². The highest BCUT2D eigenvalue weighted by Gasteiger charge is 2.32. The summed E-state index contributed by atoms with van der Waals surface area (Å²) in [6.07, 6.45) is -3.22. The molecule has 0 unspecified atom stereocenters. The predicted octanol–water partition coefficient (Wildman–Crippen LogP) is 4.67. The van der Waals surface area contributed by atoms with Crippen molar-refractivity contribution in [1.29, 1.82) is 0 Å². The molecule has 1 aromatic heterocycles.